The van der Waals surface area contributed by atoms with E-state index in [1.165, 1.54) is 0 Å². The van der Waals surface area contributed by atoms with Gasteiger partial charge in [0.15, 0.2) is 17.5 Å². The van der Waals surface area contributed by atoms with E-state index in [-0.39, 0.29) is 0 Å². The fourth-order valence-electron chi connectivity index (χ4n) is 11.4. The Morgan fingerprint density at radius 1 is 0.395 bits per heavy atom. The van der Waals surface area contributed by atoms with Gasteiger partial charge in [-0.1, -0.05) is 220 Å². The van der Waals surface area contributed by atoms with Crippen molar-refractivity contribution >= 4 is 77.3 Å². The topological polar surface area (TPSA) is 69.9 Å². The molecule has 0 spiro atoms. The molecular weight excluding hydrogens is 989 g/mol. The second-order valence-corrected chi connectivity index (χ2v) is 20.0. The second-order valence-electron chi connectivity index (χ2n) is 20.0. The first kappa shape index (κ1) is 48.4. The lowest BCUT2D eigenvalue weighted by Gasteiger charge is -2.19. The van der Waals surface area contributed by atoms with Crippen LogP contribution in [0.15, 0.2) is 289 Å². The van der Waals surface area contributed by atoms with Crippen LogP contribution < -0.4 is 0 Å². The third-order valence-electron chi connectivity index (χ3n) is 15.1. The van der Waals surface area contributed by atoms with Gasteiger partial charge in [-0.05, 0) is 111 Å². The molecule has 0 unspecified atom stereocenters. The third kappa shape index (κ3) is 8.69. The summed E-state index contributed by atoms with van der Waals surface area (Å²) in [5.41, 5.74) is 18.0. The van der Waals surface area contributed by atoms with Gasteiger partial charge >= 0.3 is 0 Å². The Labute approximate surface area is 468 Å². The summed E-state index contributed by atoms with van der Waals surface area (Å²) in [7, 11) is 0. The van der Waals surface area contributed by atoms with Crippen LogP contribution in [0.2, 0.25) is 0 Å². The Morgan fingerprint density at radius 2 is 0.975 bits per heavy atom. The highest BCUT2D eigenvalue weighted by Gasteiger charge is 2.25. The molecule has 14 aromatic rings. The molecule has 10 aromatic carbocycles. The van der Waals surface area contributed by atoms with Gasteiger partial charge in [-0.25, -0.2) is 15.0 Å². The molecule has 0 aliphatic carbocycles. The summed E-state index contributed by atoms with van der Waals surface area (Å²) in [6.07, 6.45) is 15.5. The van der Waals surface area contributed by atoms with E-state index in [1.54, 1.807) is 12.2 Å². The number of rotatable bonds is 13. The summed E-state index contributed by atoms with van der Waals surface area (Å²) in [6, 6.07) is 76.3. The molecule has 0 radical (unpaired) electrons. The first-order chi connectivity index (χ1) is 40.0. The predicted molar refractivity (Wildman–Crippen MR) is 338 cm³/mol. The van der Waals surface area contributed by atoms with Crippen LogP contribution >= 0.6 is 0 Å². The standard InChI is InChI=1S/C75H50N4O2/c1-4-7-8-12-30-54-41-58(75-77-73(53-37-35-51(36-38-53)48(6-3)23-5-2)76-74(78-75)57-43-55(49-24-13-9-14-25-49)42-56(44-57)50-26-15-10-16-27-50)45-62(52-28-17-11-18-29-52)71(54)79-65-33-21-19-32-61(65)70-66(79)40-39-60-64-47-68-63(46-69(64)81-72(60)70)59-31-20-22-34-67(59)80-68/h4-47H,1-3H2/b8-7-,30-12+,48-23+. The molecule has 14 rings (SSSR count). The van der Waals surface area contributed by atoms with Gasteiger partial charge in [0.05, 0.1) is 22.1 Å². The quantitative estimate of drug-likeness (QED) is 0.108. The van der Waals surface area contributed by atoms with Gasteiger partial charge in [0, 0.05) is 49.2 Å². The van der Waals surface area contributed by atoms with E-state index in [9.17, 15) is 0 Å². The minimum atomic E-state index is 0.522. The Bertz CT molecular complexity index is 4840. The Kier molecular flexibility index (Phi) is 12.2. The average molecular weight is 1040 g/mol. The normalized spacial score (nSPS) is 12.1. The number of fused-ring (bicyclic) bond motifs is 10. The molecule has 0 aliphatic heterocycles. The van der Waals surface area contributed by atoms with Crippen molar-refractivity contribution < 1.29 is 8.83 Å². The Hall–Kier alpha value is -11.0. The predicted octanol–water partition coefficient (Wildman–Crippen LogP) is 20.3. The lowest BCUT2D eigenvalue weighted by molar-refractivity contribution is 0.665. The van der Waals surface area contributed by atoms with Crippen LogP contribution in [0, 0.1) is 0 Å². The largest absolute Gasteiger partial charge is 0.456 e. The smallest absolute Gasteiger partial charge is 0.164 e. The number of nitrogens with zero attached hydrogens (tertiary/aromatic N) is 4. The molecule has 0 aliphatic rings. The zero-order valence-corrected chi connectivity index (χ0v) is 44.1. The summed E-state index contributed by atoms with van der Waals surface area (Å²) < 4.78 is 15.8. The molecule has 0 fully saturated rings. The van der Waals surface area contributed by atoms with E-state index < -0.39 is 0 Å². The maximum Gasteiger partial charge on any atom is 0.164 e. The maximum absolute atomic E-state index is 7.04. The number of hydrogen-bond acceptors (Lipinski definition) is 5. The summed E-state index contributed by atoms with van der Waals surface area (Å²) in [5, 5.41) is 6.20. The van der Waals surface area contributed by atoms with E-state index in [0.29, 0.717) is 17.5 Å². The molecule has 6 heteroatoms. The Balaban J connectivity index is 1.03. The number of benzene rings is 10. The van der Waals surface area contributed by atoms with Crippen LogP contribution in [0.5, 0.6) is 0 Å². The minimum absolute atomic E-state index is 0.522. The van der Waals surface area contributed by atoms with Crippen LogP contribution in [-0.2, 0) is 0 Å². The highest BCUT2D eigenvalue weighted by molar-refractivity contribution is 6.25. The lowest BCUT2D eigenvalue weighted by Crippen LogP contribution is -2.04. The zero-order valence-electron chi connectivity index (χ0n) is 44.1. The van der Waals surface area contributed by atoms with Crippen LogP contribution in [0.4, 0.5) is 0 Å². The average Bonchev–Trinajstić information content (AvgIpc) is 4.11. The Morgan fingerprint density at radius 3 is 1.64 bits per heavy atom. The molecule has 4 aromatic heterocycles. The second kappa shape index (κ2) is 20.4. The van der Waals surface area contributed by atoms with Gasteiger partial charge in [0.25, 0.3) is 0 Å². The highest BCUT2D eigenvalue weighted by atomic mass is 16.3. The van der Waals surface area contributed by atoms with E-state index in [4.69, 9.17) is 23.8 Å². The van der Waals surface area contributed by atoms with Gasteiger partial charge in [0.1, 0.15) is 22.3 Å². The first-order valence-electron chi connectivity index (χ1n) is 27.0. The number of para-hydroxylation sites is 2. The number of furan rings is 2. The number of aromatic nitrogens is 4. The fourth-order valence-corrected chi connectivity index (χ4v) is 11.4. The van der Waals surface area contributed by atoms with Gasteiger partial charge < -0.3 is 13.4 Å². The van der Waals surface area contributed by atoms with Gasteiger partial charge in [-0.3, -0.25) is 0 Å². The van der Waals surface area contributed by atoms with Gasteiger partial charge in [-0.2, -0.15) is 0 Å². The van der Waals surface area contributed by atoms with Crippen molar-refractivity contribution in [2.75, 3.05) is 0 Å². The first-order valence-corrected chi connectivity index (χ1v) is 27.0. The fraction of sp³-hybridized carbons (Fsp3) is 0. The van der Waals surface area contributed by atoms with Crippen molar-refractivity contribution in [1.29, 1.82) is 0 Å². The van der Waals surface area contributed by atoms with Crippen LogP contribution in [-0.4, -0.2) is 19.5 Å². The third-order valence-corrected chi connectivity index (χ3v) is 15.1. The molecular formula is C75H50N4O2. The van der Waals surface area contributed by atoms with E-state index in [2.05, 4.69) is 225 Å². The van der Waals surface area contributed by atoms with E-state index >= 15 is 0 Å². The van der Waals surface area contributed by atoms with Crippen molar-refractivity contribution in [3.63, 3.8) is 0 Å². The van der Waals surface area contributed by atoms with Crippen LogP contribution in [0.3, 0.4) is 0 Å². The van der Waals surface area contributed by atoms with E-state index in [1.807, 2.05) is 54.6 Å². The minimum Gasteiger partial charge on any atom is -0.456 e. The van der Waals surface area contributed by atoms with E-state index in [0.717, 1.165) is 138 Å². The monoisotopic (exact) mass is 1040 g/mol. The van der Waals surface area contributed by atoms with Crippen molar-refractivity contribution in [1.82, 2.24) is 19.5 Å². The maximum atomic E-state index is 7.04. The summed E-state index contributed by atoms with van der Waals surface area (Å²) in [4.78, 5) is 16.2. The van der Waals surface area contributed by atoms with Crippen LogP contribution in [0.1, 0.15) is 11.1 Å². The summed E-state index contributed by atoms with van der Waals surface area (Å²) in [5.74, 6) is 1.60. The molecule has 0 N–H and O–H groups in total. The van der Waals surface area contributed by atoms with Crippen molar-refractivity contribution in [2.24, 2.45) is 0 Å². The van der Waals surface area contributed by atoms with Gasteiger partial charge in [-0.15, -0.1) is 0 Å². The molecule has 0 saturated heterocycles. The SMILES string of the molecule is C=C/C=C\C=C\c1cc(-c2nc(-c3ccc(/C(C=C)=C/C=C)cc3)nc(-c3cc(-c4ccccc4)cc(-c4ccccc4)c3)n2)cc(-c2ccccc2)c1-n1c2ccccc2c2c3oc4cc5c(cc4c3ccc21)oc1ccccc15. The highest BCUT2D eigenvalue weighted by Crippen LogP contribution is 2.46. The van der Waals surface area contributed by atoms with Crippen LogP contribution in [0.25, 0.3) is 151 Å². The number of hydrogen-bond donors (Lipinski definition) is 0. The number of allylic oxidation sites excluding steroid dienone is 8. The molecule has 0 amide bonds. The lowest BCUT2D eigenvalue weighted by atomic mass is 9.95. The molecule has 0 saturated carbocycles. The molecule has 382 valence electrons. The van der Waals surface area contributed by atoms with Crippen molar-refractivity contribution in [2.45, 2.75) is 0 Å². The molecule has 0 atom stereocenters. The van der Waals surface area contributed by atoms with Gasteiger partial charge in [0.2, 0.25) is 0 Å². The molecule has 6 nitrogen and oxygen atoms in total. The molecule has 4 heterocycles. The zero-order chi connectivity index (χ0) is 54.4. The van der Waals surface area contributed by atoms with Crippen molar-refractivity contribution in [3.8, 4) is 73.2 Å². The molecule has 0 bridgehead atoms. The summed E-state index contributed by atoms with van der Waals surface area (Å²) >= 11 is 0. The molecule has 81 heavy (non-hydrogen) atoms. The van der Waals surface area contributed by atoms with Crippen molar-refractivity contribution in [3.05, 3.63) is 292 Å². The summed E-state index contributed by atoms with van der Waals surface area (Å²) in [6.45, 7) is 12.0.